The summed E-state index contributed by atoms with van der Waals surface area (Å²) < 4.78 is 2.95. The van der Waals surface area contributed by atoms with E-state index in [-0.39, 0.29) is 12.5 Å². The molecule has 1 heterocycles. The second-order valence-electron chi connectivity index (χ2n) is 6.65. The number of amides is 1. The summed E-state index contributed by atoms with van der Waals surface area (Å²) in [5.74, 6) is 0.858. The number of carbonyl (C=O) groups excluding carboxylic acids is 1. The quantitative estimate of drug-likeness (QED) is 0.452. The zero-order valence-corrected chi connectivity index (χ0v) is 16.9. The number of carbonyl (C=O) groups is 1. The van der Waals surface area contributed by atoms with Gasteiger partial charge in [0.25, 0.3) is 0 Å². The molecular weight excluding hydrogens is 414 g/mol. The van der Waals surface area contributed by atoms with Crippen LogP contribution in [0.25, 0.3) is 11.0 Å². The van der Waals surface area contributed by atoms with Gasteiger partial charge in [0.05, 0.1) is 11.0 Å². The Bertz CT molecular complexity index is 1110. The van der Waals surface area contributed by atoms with Crippen LogP contribution in [0, 0.1) is 0 Å². The molecule has 0 radical (unpaired) electrons. The highest BCUT2D eigenvalue weighted by molar-refractivity contribution is 9.10. The molecule has 1 aromatic heterocycles. The van der Waals surface area contributed by atoms with Crippen molar-refractivity contribution >= 4 is 38.6 Å². The van der Waals surface area contributed by atoms with E-state index >= 15 is 0 Å². The number of rotatable bonds is 6. The van der Waals surface area contributed by atoms with Crippen LogP contribution in [0.1, 0.15) is 11.4 Å². The number of hydrogen-bond acceptors (Lipinski definition) is 2. The number of nitrogens with one attached hydrogen (secondary N) is 1. The molecule has 5 heteroatoms. The van der Waals surface area contributed by atoms with Crippen molar-refractivity contribution in [3.8, 4) is 0 Å². The maximum Gasteiger partial charge on any atom is 0.244 e. The number of aromatic nitrogens is 2. The van der Waals surface area contributed by atoms with Crippen LogP contribution in [0.4, 0.5) is 5.69 Å². The predicted octanol–water partition coefficient (Wildman–Crippen LogP) is 5.22. The number of fused-ring (bicyclic) bond motifs is 1. The molecule has 140 valence electrons. The molecule has 0 spiro atoms. The maximum absolute atomic E-state index is 12.7. The number of hydrogen-bond donors (Lipinski definition) is 1. The van der Waals surface area contributed by atoms with Crippen molar-refractivity contribution in [3.63, 3.8) is 0 Å². The molecule has 0 saturated heterocycles. The summed E-state index contributed by atoms with van der Waals surface area (Å²) in [6.07, 6.45) is 1.67. The number of imidazole rings is 1. The molecule has 4 rings (SSSR count). The second-order valence-corrected chi connectivity index (χ2v) is 7.56. The molecule has 0 atom stereocenters. The molecular formula is C23H20BrN3O. The number of para-hydroxylation sites is 2. The van der Waals surface area contributed by atoms with Crippen molar-refractivity contribution in [1.82, 2.24) is 9.55 Å². The Morgan fingerprint density at radius 1 is 0.929 bits per heavy atom. The van der Waals surface area contributed by atoms with Gasteiger partial charge in [-0.2, -0.15) is 0 Å². The van der Waals surface area contributed by atoms with E-state index in [9.17, 15) is 4.79 Å². The largest absolute Gasteiger partial charge is 0.324 e. The minimum absolute atomic E-state index is 0.0674. The molecule has 0 bridgehead atoms. The summed E-state index contributed by atoms with van der Waals surface area (Å²) >= 11 is 3.43. The lowest BCUT2D eigenvalue weighted by molar-refractivity contribution is -0.116. The van der Waals surface area contributed by atoms with Gasteiger partial charge in [0, 0.05) is 16.6 Å². The van der Waals surface area contributed by atoms with Crippen molar-refractivity contribution in [1.29, 1.82) is 0 Å². The highest BCUT2D eigenvalue weighted by Gasteiger charge is 2.14. The summed E-state index contributed by atoms with van der Waals surface area (Å²) in [4.78, 5) is 17.5. The van der Waals surface area contributed by atoms with E-state index < -0.39 is 0 Å². The molecule has 0 saturated carbocycles. The van der Waals surface area contributed by atoms with Crippen LogP contribution in [0.2, 0.25) is 0 Å². The zero-order valence-electron chi connectivity index (χ0n) is 15.3. The minimum atomic E-state index is -0.0674. The highest BCUT2D eigenvalue weighted by atomic mass is 79.9. The molecule has 1 N–H and O–H groups in total. The standard InChI is InChI=1S/C23H20BrN3O/c24-18-9-6-10-19(15-18)25-23(28)16-27-21-12-5-4-11-20(21)26-22(27)14-13-17-7-2-1-3-8-17/h1-12,15H,13-14,16H2,(H,25,28). The Balaban J connectivity index is 1.56. The number of anilines is 1. The lowest BCUT2D eigenvalue weighted by Crippen LogP contribution is -2.20. The Morgan fingerprint density at radius 3 is 2.54 bits per heavy atom. The first-order valence-electron chi connectivity index (χ1n) is 9.22. The van der Waals surface area contributed by atoms with Crippen LogP contribution in [0.15, 0.2) is 83.3 Å². The zero-order chi connectivity index (χ0) is 19.3. The molecule has 4 nitrogen and oxygen atoms in total. The van der Waals surface area contributed by atoms with Gasteiger partial charge < -0.3 is 9.88 Å². The molecule has 0 fully saturated rings. The fourth-order valence-electron chi connectivity index (χ4n) is 3.30. The van der Waals surface area contributed by atoms with Gasteiger partial charge in [0.2, 0.25) is 5.91 Å². The summed E-state index contributed by atoms with van der Waals surface area (Å²) in [6.45, 7) is 0.233. The average Bonchev–Trinajstić information content (AvgIpc) is 3.05. The first-order chi connectivity index (χ1) is 13.7. The van der Waals surface area contributed by atoms with Crippen LogP contribution < -0.4 is 5.32 Å². The third-order valence-electron chi connectivity index (χ3n) is 4.62. The van der Waals surface area contributed by atoms with E-state index in [0.717, 1.165) is 39.9 Å². The minimum Gasteiger partial charge on any atom is -0.324 e. The predicted molar refractivity (Wildman–Crippen MR) is 116 cm³/mol. The third kappa shape index (κ3) is 4.31. The molecule has 0 aliphatic rings. The normalized spacial score (nSPS) is 10.9. The van der Waals surface area contributed by atoms with Crippen molar-refractivity contribution in [3.05, 3.63) is 94.7 Å². The van der Waals surface area contributed by atoms with Crippen LogP contribution in [-0.4, -0.2) is 15.5 Å². The Labute approximate surface area is 172 Å². The van der Waals surface area contributed by atoms with Gasteiger partial charge in [-0.05, 0) is 42.3 Å². The molecule has 0 aliphatic heterocycles. The molecule has 4 aromatic rings. The van der Waals surface area contributed by atoms with Gasteiger partial charge in [-0.15, -0.1) is 0 Å². The van der Waals surface area contributed by atoms with E-state index in [1.807, 2.05) is 71.3 Å². The number of nitrogens with zero attached hydrogens (tertiary/aromatic N) is 2. The molecule has 0 aliphatic carbocycles. The van der Waals surface area contributed by atoms with Crippen LogP contribution in [0.3, 0.4) is 0 Å². The second kappa shape index (κ2) is 8.40. The van der Waals surface area contributed by atoms with E-state index in [2.05, 4.69) is 33.4 Å². The number of halogens is 1. The SMILES string of the molecule is O=C(Cn1c(CCc2ccccc2)nc2ccccc21)Nc1cccc(Br)c1. The van der Waals surface area contributed by atoms with Crippen molar-refractivity contribution in [2.24, 2.45) is 0 Å². The van der Waals surface area contributed by atoms with Crippen LogP contribution in [-0.2, 0) is 24.2 Å². The van der Waals surface area contributed by atoms with Crippen molar-refractivity contribution < 1.29 is 4.79 Å². The van der Waals surface area contributed by atoms with E-state index in [1.54, 1.807) is 0 Å². The Morgan fingerprint density at radius 2 is 1.71 bits per heavy atom. The van der Waals surface area contributed by atoms with E-state index in [0.29, 0.717) is 0 Å². The van der Waals surface area contributed by atoms with Gasteiger partial charge in [-0.25, -0.2) is 4.98 Å². The van der Waals surface area contributed by atoms with Gasteiger partial charge in [-0.1, -0.05) is 64.5 Å². The highest BCUT2D eigenvalue weighted by Crippen LogP contribution is 2.19. The van der Waals surface area contributed by atoms with Gasteiger partial charge >= 0.3 is 0 Å². The Hall–Kier alpha value is -2.92. The Kier molecular flexibility index (Phi) is 5.53. The van der Waals surface area contributed by atoms with Gasteiger partial charge in [0.1, 0.15) is 12.4 Å². The maximum atomic E-state index is 12.7. The summed E-state index contributed by atoms with van der Waals surface area (Å²) in [5, 5.41) is 2.97. The summed E-state index contributed by atoms with van der Waals surface area (Å²) in [7, 11) is 0. The van der Waals surface area contributed by atoms with Gasteiger partial charge in [-0.3, -0.25) is 4.79 Å². The first kappa shape index (κ1) is 18.4. The average molecular weight is 434 g/mol. The third-order valence-corrected chi connectivity index (χ3v) is 5.12. The lowest BCUT2D eigenvalue weighted by Gasteiger charge is -2.10. The summed E-state index contributed by atoms with van der Waals surface area (Å²) in [5.41, 5.74) is 3.94. The first-order valence-corrected chi connectivity index (χ1v) is 10.0. The lowest BCUT2D eigenvalue weighted by atomic mass is 10.1. The van der Waals surface area contributed by atoms with Crippen LogP contribution >= 0.6 is 15.9 Å². The summed E-state index contributed by atoms with van der Waals surface area (Å²) in [6, 6.07) is 25.9. The van der Waals surface area contributed by atoms with E-state index in [1.165, 1.54) is 5.56 Å². The molecule has 0 unspecified atom stereocenters. The fourth-order valence-corrected chi connectivity index (χ4v) is 3.70. The molecule has 28 heavy (non-hydrogen) atoms. The molecule has 3 aromatic carbocycles. The van der Waals surface area contributed by atoms with E-state index in [4.69, 9.17) is 4.98 Å². The number of benzene rings is 3. The van der Waals surface area contributed by atoms with Gasteiger partial charge in [0.15, 0.2) is 0 Å². The van der Waals surface area contributed by atoms with Crippen LogP contribution in [0.5, 0.6) is 0 Å². The topological polar surface area (TPSA) is 46.9 Å². The monoisotopic (exact) mass is 433 g/mol. The molecule has 1 amide bonds. The van der Waals surface area contributed by atoms with Crippen molar-refractivity contribution in [2.75, 3.05) is 5.32 Å². The number of aryl methyl sites for hydroxylation is 2. The smallest absolute Gasteiger partial charge is 0.244 e. The fraction of sp³-hybridized carbons (Fsp3) is 0.130. The van der Waals surface area contributed by atoms with Crippen molar-refractivity contribution in [2.45, 2.75) is 19.4 Å².